The topological polar surface area (TPSA) is 40.5 Å². The normalized spacial score (nSPS) is 12.6. The van der Waals surface area contributed by atoms with Gasteiger partial charge in [0.2, 0.25) is 0 Å². The van der Waals surface area contributed by atoms with Gasteiger partial charge in [0, 0.05) is 5.56 Å². The number of benzene rings is 1. The van der Waals surface area contributed by atoms with Gasteiger partial charge in [0.25, 0.3) is 0 Å². The molecule has 96 valence electrons. The van der Waals surface area contributed by atoms with Gasteiger partial charge in [-0.1, -0.05) is 33.1 Å². The fraction of sp³-hybridized carbons (Fsp3) is 0.600. The fourth-order valence-electron chi connectivity index (χ4n) is 2.24. The van der Waals surface area contributed by atoms with Gasteiger partial charge in [0.05, 0.1) is 0 Å². The summed E-state index contributed by atoms with van der Waals surface area (Å²) in [4.78, 5) is 0. The summed E-state index contributed by atoms with van der Waals surface area (Å²) in [7, 11) is 0. The number of unbranched alkanes of at least 4 members (excludes halogenated alkanes) is 2. The molecule has 0 fully saturated rings. The largest absolute Gasteiger partial charge is 0.508 e. The predicted octanol–water partition coefficient (Wildman–Crippen LogP) is 4.48. The first-order chi connectivity index (χ1) is 8.10. The molecule has 1 unspecified atom stereocenters. The van der Waals surface area contributed by atoms with Crippen molar-refractivity contribution in [1.29, 1.82) is 0 Å². The zero-order valence-electron chi connectivity index (χ0n) is 11.2. The standard InChI is InChI=1S/C15H24O2/c1-4-6-7-8-12(5-2)13-10-14(16)11(3)9-15(13)17/h9-10,12,16-17H,4-8H2,1-3H3. The van der Waals surface area contributed by atoms with Crippen molar-refractivity contribution in [2.24, 2.45) is 0 Å². The van der Waals surface area contributed by atoms with Crippen molar-refractivity contribution in [3.8, 4) is 11.5 Å². The van der Waals surface area contributed by atoms with Crippen LogP contribution in [0.15, 0.2) is 12.1 Å². The molecule has 0 saturated heterocycles. The molecular formula is C15H24O2. The maximum Gasteiger partial charge on any atom is 0.119 e. The molecule has 0 radical (unpaired) electrons. The molecule has 0 aliphatic heterocycles. The highest BCUT2D eigenvalue weighted by atomic mass is 16.3. The molecule has 0 aliphatic carbocycles. The monoisotopic (exact) mass is 236 g/mol. The first-order valence-electron chi connectivity index (χ1n) is 6.62. The summed E-state index contributed by atoms with van der Waals surface area (Å²) in [5, 5.41) is 19.7. The van der Waals surface area contributed by atoms with Gasteiger partial charge in [-0.2, -0.15) is 0 Å². The first kappa shape index (κ1) is 13.9. The van der Waals surface area contributed by atoms with Crippen LogP contribution in [0, 0.1) is 6.92 Å². The molecule has 2 heteroatoms. The van der Waals surface area contributed by atoms with Gasteiger partial charge in [-0.25, -0.2) is 0 Å². The minimum atomic E-state index is 0.284. The van der Waals surface area contributed by atoms with Crippen LogP contribution < -0.4 is 0 Å². The lowest BCUT2D eigenvalue weighted by molar-refractivity contribution is 0.437. The van der Waals surface area contributed by atoms with Crippen LogP contribution in [0.3, 0.4) is 0 Å². The van der Waals surface area contributed by atoms with Crippen LogP contribution in [0.4, 0.5) is 0 Å². The van der Waals surface area contributed by atoms with Crippen LogP contribution in [0.5, 0.6) is 11.5 Å². The van der Waals surface area contributed by atoms with Crippen molar-refractivity contribution in [2.75, 3.05) is 0 Å². The lowest BCUT2D eigenvalue weighted by atomic mass is 9.89. The van der Waals surface area contributed by atoms with E-state index in [1.807, 2.05) is 0 Å². The summed E-state index contributed by atoms with van der Waals surface area (Å²) in [6.07, 6.45) is 5.71. The summed E-state index contributed by atoms with van der Waals surface area (Å²) < 4.78 is 0. The van der Waals surface area contributed by atoms with Crippen molar-refractivity contribution in [3.63, 3.8) is 0 Å². The molecule has 0 spiro atoms. The summed E-state index contributed by atoms with van der Waals surface area (Å²) in [6.45, 7) is 6.12. The van der Waals surface area contributed by atoms with Crippen LogP contribution in [0.2, 0.25) is 0 Å². The van der Waals surface area contributed by atoms with Crippen LogP contribution in [-0.2, 0) is 0 Å². The second-order valence-corrected chi connectivity index (χ2v) is 4.80. The first-order valence-corrected chi connectivity index (χ1v) is 6.62. The molecule has 2 N–H and O–H groups in total. The van der Waals surface area contributed by atoms with Crippen LogP contribution in [0.1, 0.15) is 63.0 Å². The molecule has 0 bridgehead atoms. The van der Waals surface area contributed by atoms with E-state index in [9.17, 15) is 10.2 Å². The fourth-order valence-corrected chi connectivity index (χ4v) is 2.24. The van der Waals surface area contributed by atoms with Crippen LogP contribution in [0.25, 0.3) is 0 Å². The maximum atomic E-state index is 9.96. The molecule has 1 aromatic carbocycles. The second-order valence-electron chi connectivity index (χ2n) is 4.80. The minimum Gasteiger partial charge on any atom is -0.508 e. The molecular weight excluding hydrogens is 212 g/mol. The second kappa shape index (κ2) is 6.53. The molecule has 1 aromatic rings. The molecule has 2 nitrogen and oxygen atoms in total. The summed E-state index contributed by atoms with van der Waals surface area (Å²) in [6, 6.07) is 3.39. The summed E-state index contributed by atoms with van der Waals surface area (Å²) in [5.74, 6) is 0.962. The van der Waals surface area contributed by atoms with E-state index in [4.69, 9.17) is 0 Å². The van der Waals surface area contributed by atoms with E-state index >= 15 is 0 Å². The highest BCUT2D eigenvalue weighted by Crippen LogP contribution is 2.36. The van der Waals surface area contributed by atoms with Crippen molar-refractivity contribution in [1.82, 2.24) is 0 Å². The van der Waals surface area contributed by atoms with Crippen molar-refractivity contribution in [3.05, 3.63) is 23.3 Å². The van der Waals surface area contributed by atoms with E-state index in [-0.39, 0.29) is 5.75 Å². The Balaban J connectivity index is 2.84. The van der Waals surface area contributed by atoms with E-state index < -0.39 is 0 Å². The highest BCUT2D eigenvalue weighted by Gasteiger charge is 2.15. The third kappa shape index (κ3) is 3.65. The van der Waals surface area contributed by atoms with E-state index in [0.717, 1.165) is 24.0 Å². The number of aryl methyl sites for hydroxylation is 1. The van der Waals surface area contributed by atoms with E-state index in [2.05, 4.69) is 13.8 Å². The van der Waals surface area contributed by atoms with Gasteiger partial charge in [0.15, 0.2) is 0 Å². The number of aromatic hydroxyl groups is 2. The Kier molecular flexibility index (Phi) is 5.33. The summed E-state index contributed by atoms with van der Waals surface area (Å²) >= 11 is 0. The van der Waals surface area contributed by atoms with Gasteiger partial charge < -0.3 is 10.2 Å². The highest BCUT2D eigenvalue weighted by molar-refractivity contribution is 5.46. The Hall–Kier alpha value is -1.18. The number of phenols is 2. The smallest absolute Gasteiger partial charge is 0.119 e. The van der Waals surface area contributed by atoms with E-state index in [1.165, 1.54) is 19.3 Å². The third-order valence-electron chi connectivity index (χ3n) is 3.43. The van der Waals surface area contributed by atoms with Gasteiger partial charge in [-0.3, -0.25) is 0 Å². The van der Waals surface area contributed by atoms with Crippen molar-refractivity contribution >= 4 is 0 Å². The van der Waals surface area contributed by atoms with E-state index in [1.54, 1.807) is 19.1 Å². The minimum absolute atomic E-state index is 0.284. The van der Waals surface area contributed by atoms with Gasteiger partial charge in [-0.15, -0.1) is 0 Å². The van der Waals surface area contributed by atoms with Gasteiger partial charge >= 0.3 is 0 Å². The molecule has 0 heterocycles. The van der Waals surface area contributed by atoms with Crippen LogP contribution in [-0.4, -0.2) is 10.2 Å². The Morgan fingerprint density at radius 1 is 1.06 bits per heavy atom. The third-order valence-corrected chi connectivity index (χ3v) is 3.43. The SMILES string of the molecule is CCCCCC(CC)c1cc(O)c(C)cc1O. The Labute approximate surface area is 104 Å². The number of hydrogen-bond donors (Lipinski definition) is 2. The number of rotatable bonds is 6. The zero-order valence-corrected chi connectivity index (χ0v) is 11.2. The average molecular weight is 236 g/mol. The summed E-state index contributed by atoms with van der Waals surface area (Å²) in [5.41, 5.74) is 1.63. The Morgan fingerprint density at radius 3 is 2.35 bits per heavy atom. The lowest BCUT2D eigenvalue weighted by Gasteiger charge is -2.17. The van der Waals surface area contributed by atoms with E-state index in [0.29, 0.717) is 11.7 Å². The molecule has 0 saturated carbocycles. The molecule has 1 atom stereocenters. The predicted molar refractivity (Wildman–Crippen MR) is 71.7 cm³/mol. The lowest BCUT2D eigenvalue weighted by Crippen LogP contribution is -1.98. The zero-order chi connectivity index (χ0) is 12.8. The quantitative estimate of drug-likeness (QED) is 0.564. The molecule has 0 aliphatic rings. The molecule has 0 amide bonds. The molecule has 17 heavy (non-hydrogen) atoms. The molecule has 0 aromatic heterocycles. The number of hydrogen-bond acceptors (Lipinski definition) is 2. The maximum absolute atomic E-state index is 9.96. The number of phenolic OH excluding ortho intramolecular Hbond substituents is 2. The Bertz CT molecular complexity index is 358. The van der Waals surface area contributed by atoms with Gasteiger partial charge in [-0.05, 0) is 43.4 Å². The average Bonchev–Trinajstić information content (AvgIpc) is 2.30. The van der Waals surface area contributed by atoms with Gasteiger partial charge in [0.1, 0.15) is 11.5 Å². The molecule has 1 rings (SSSR count). The Morgan fingerprint density at radius 2 is 1.76 bits per heavy atom. The van der Waals surface area contributed by atoms with Crippen molar-refractivity contribution < 1.29 is 10.2 Å². The van der Waals surface area contributed by atoms with Crippen LogP contribution >= 0.6 is 0 Å². The van der Waals surface area contributed by atoms with Crippen molar-refractivity contribution in [2.45, 2.75) is 58.8 Å².